The van der Waals surface area contributed by atoms with Crippen LogP contribution in [0.3, 0.4) is 0 Å². The van der Waals surface area contributed by atoms with Crippen molar-refractivity contribution in [3.05, 3.63) is 130 Å². The van der Waals surface area contributed by atoms with Crippen molar-refractivity contribution in [3.63, 3.8) is 0 Å². The molecule has 204 valence electrons. The smallest absolute Gasteiger partial charge is 0.288 e. The first-order chi connectivity index (χ1) is 20.0. The highest BCUT2D eigenvalue weighted by atomic mass is 79.9. The minimum atomic E-state index is -0.790. The molecule has 0 fully saturated rings. The van der Waals surface area contributed by atoms with Crippen LogP contribution >= 0.6 is 27.3 Å². The summed E-state index contributed by atoms with van der Waals surface area (Å²) >= 11 is 5.17. The zero-order valence-electron chi connectivity index (χ0n) is 21.9. The van der Waals surface area contributed by atoms with Gasteiger partial charge in [-0.15, -0.1) is 4.91 Å². The van der Waals surface area contributed by atoms with E-state index >= 15 is 0 Å². The first kappa shape index (κ1) is 28.1. The Morgan fingerprint density at radius 1 is 0.829 bits per heavy atom. The molecule has 5 aromatic rings. The van der Waals surface area contributed by atoms with Gasteiger partial charge in [0.15, 0.2) is 5.13 Å². The fourth-order valence-corrected chi connectivity index (χ4v) is 5.64. The van der Waals surface area contributed by atoms with Crippen molar-refractivity contribution in [3.8, 4) is 21.7 Å². The van der Waals surface area contributed by atoms with E-state index in [1.165, 1.54) is 0 Å². The molecule has 0 radical (unpaired) electrons. The van der Waals surface area contributed by atoms with E-state index in [0.29, 0.717) is 12.1 Å². The zero-order chi connectivity index (χ0) is 28.6. The molecule has 0 bridgehead atoms. The standard InChI is InChI=1S/C32H25BrN4O3S/c33-26-15-17-27(18-16-26)37(21-22-11-13-25(14-12-22)31(39)34-20-19-28(38)36-40)32-35-29(23-7-3-1-4-8-23)30(41-32)24-9-5-2-6-10-24/h1-18H,19-21H2,(H,34,39). The van der Waals surface area contributed by atoms with Crippen molar-refractivity contribution in [2.75, 3.05) is 11.4 Å². The number of hydrogen-bond acceptors (Lipinski definition) is 6. The molecular weight excluding hydrogens is 600 g/mol. The molecule has 1 heterocycles. The van der Waals surface area contributed by atoms with Gasteiger partial charge in [0.25, 0.3) is 11.8 Å². The van der Waals surface area contributed by atoms with Gasteiger partial charge >= 0.3 is 0 Å². The summed E-state index contributed by atoms with van der Waals surface area (Å²) in [6.45, 7) is 0.582. The molecule has 0 saturated carbocycles. The van der Waals surface area contributed by atoms with Gasteiger partial charge < -0.3 is 10.2 Å². The lowest BCUT2D eigenvalue weighted by Crippen LogP contribution is -2.25. The molecule has 0 spiro atoms. The lowest BCUT2D eigenvalue weighted by Gasteiger charge is -2.22. The molecule has 0 aliphatic rings. The molecule has 41 heavy (non-hydrogen) atoms. The van der Waals surface area contributed by atoms with Crippen molar-refractivity contribution in [2.45, 2.75) is 13.0 Å². The number of carbonyl (C=O) groups excluding carboxylic acids is 2. The minimum Gasteiger partial charge on any atom is -0.352 e. The van der Waals surface area contributed by atoms with E-state index in [9.17, 15) is 14.5 Å². The molecule has 5 rings (SSSR count). The van der Waals surface area contributed by atoms with Crippen LogP contribution in [0.1, 0.15) is 22.3 Å². The highest BCUT2D eigenvalue weighted by molar-refractivity contribution is 9.10. The summed E-state index contributed by atoms with van der Waals surface area (Å²) in [5.41, 5.74) is 5.51. The van der Waals surface area contributed by atoms with Gasteiger partial charge in [-0.05, 0) is 47.5 Å². The normalized spacial score (nSPS) is 10.7. The van der Waals surface area contributed by atoms with Gasteiger partial charge in [0.2, 0.25) is 0 Å². The van der Waals surface area contributed by atoms with E-state index in [4.69, 9.17) is 4.98 Å². The third kappa shape index (κ3) is 7.00. The largest absolute Gasteiger partial charge is 0.352 e. The molecule has 0 unspecified atom stereocenters. The number of benzene rings is 4. The lowest BCUT2D eigenvalue weighted by atomic mass is 10.1. The Morgan fingerprint density at radius 3 is 2.10 bits per heavy atom. The predicted octanol–water partition coefficient (Wildman–Crippen LogP) is 7.99. The summed E-state index contributed by atoms with van der Waals surface area (Å²) in [5.74, 6) is -1.11. The van der Waals surface area contributed by atoms with E-state index in [-0.39, 0.29) is 18.9 Å². The molecule has 0 aliphatic heterocycles. The Bertz CT molecular complexity index is 1580. The van der Waals surface area contributed by atoms with Crippen LogP contribution in [0.2, 0.25) is 0 Å². The second-order valence-corrected chi connectivity index (χ2v) is 11.0. The summed E-state index contributed by atoms with van der Waals surface area (Å²) in [6.07, 6.45) is -0.126. The van der Waals surface area contributed by atoms with Crippen LogP contribution in [-0.4, -0.2) is 23.3 Å². The van der Waals surface area contributed by atoms with E-state index in [0.717, 1.165) is 42.6 Å². The number of hydrogen-bond donors (Lipinski definition) is 1. The van der Waals surface area contributed by atoms with Crippen LogP contribution in [-0.2, 0) is 11.3 Å². The van der Waals surface area contributed by atoms with Crippen molar-refractivity contribution < 1.29 is 9.59 Å². The average molecular weight is 626 g/mol. The van der Waals surface area contributed by atoms with Gasteiger partial charge in [0.1, 0.15) is 0 Å². The quantitative estimate of drug-likeness (QED) is 0.159. The number of halogens is 1. The third-order valence-electron chi connectivity index (χ3n) is 6.35. The molecule has 9 heteroatoms. The Morgan fingerprint density at radius 2 is 1.46 bits per heavy atom. The van der Waals surface area contributed by atoms with Crippen molar-refractivity contribution in [1.82, 2.24) is 10.3 Å². The molecule has 0 saturated heterocycles. The monoisotopic (exact) mass is 624 g/mol. The topological polar surface area (TPSA) is 91.7 Å². The number of nitrogens with zero attached hydrogens (tertiary/aromatic N) is 3. The van der Waals surface area contributed by atoms with Crippen molar-refractivity contribution >= 4 is 49.9 Å². The molecule has 2 amide bonds. The lowest BCUT2D eigenvalue weighted by molar-refractivity contribution is -0.117. The number of amides is 2. The number of nitrogens with one attached hydrogen (secondary N) is 1. The molecule has 1 N–H and O–H groups in total. The molecule has 7 nitrogen and oxygen atoms in total. The highest BCUT2D eigenvalue weighted by Crippen LogP contribution is 2.42. The molecular formula is C32H25BrN4O3S. The first-order valence-corrected chi connectivity index (χ1v) is 14.5. The van der Waals surface area contributed by atoms with E-state index in [1.54, 1.807) is 23.5 Å². The summed E-state index contributed by atoms with van der Waals surface area (Å²) in [5, 5.41) is 5.83. The zero-order valence-corrected chi connectivity index (χ0v) is 24.3. The van der Waals surface area contributed by atoms with Gasteiger partial charge in [0.05, 0.1) is 17.1 Å². The molecule has 1 aromatic heterocycles. The Labute approximate surface area is 250 Å². The highest BCUT2D eigenvalue weighted by Gasteiger charge is 2.21. The minimum absolute atomic E-state index is 0.0556. The van der Waals surface area contributed by atoms with Crippen LogP contribution in [0, 0.1) is 4.91 Å². The van der Waals surface area contributed by atoms with Crippen LogP contribution in [0.4, 0.5) is 10.8 Å². The number of nitroso groups, excluding NO2 is 1. The van der Waals surface area contributed by atoms with Crippen LogP contribution in [0.15, 0.2) is 119 Å². The molecule has 4 aromatic carbocycles. The molecule has 0 aliphatic carbocycles. The second kappa shape index (κ2) is 13.3. The summed E-state index contributed by atoms with van der Waals surface area (Å²) in [7, 11) is 0. The van der Waals surface area contributed by atoms with E-state index in [1.807, 2.05) is 72.8 Å². The fraction of sp³-hybridized carbons (Fsp3) is 0.0938. The first-order valence-electron chi connectivity index (χ1n) is 12.9. The summed E-state index contributed by atoms with van der Waals surface area (Å²) in [6, 6.07) is 35.9. The number of carbonyl (C=O) groups is 2. The SMILES string of the molecule is O=NC(=O)CCNC(=O)c1ccc(CN(c2ccc(Br)cc2)c2nc(-c3ccccc3)c(-c3ccccc3)s2)cc1. The maximum Gasteiger partial charge on any atom is 0.288 e. The number of anilines is 2. The van der Waals surface area contributed by atoms with E-state index in [2.05, 4.69) is 55.6 Å². The Balaban J connectivity index is 1.47. The van der Waals surface area contributed by atoms with Crippen LogP contribution in [0.25, 0.3) is 21.7 Å². The molecule has 0 atom stereocenters. The van der Waals surface area contributed by atoms with Crippen LogP contribution in [0.5, 0.6) is 0 Å². The van der Waals surface area contributed by atoms with Gasteiger partial charge in [-0.25, -0.2) is 4.98 Å². The number of rotatable bonds is 10. The average Bonchev–Trinajstić information content (AvgIpc) is 3.47. The Hall–Kier alpha value is -4.47. The Kier molecular flexibility index (Phi) is 9.08. The van der Waals surface area contributed by atoms with Gasteiger partial charge in [0, 0.05) is 39.4 Å². The van der Waals surface area contributed by atoms with Gasteiger partial charge in [-0.3, -0.25) is 9.59 Å². The fourth-order valence-electron chi connectivity index (χ4n) is 4.27. The third-order valence-corrected chi connectivity index (χ3v) is 8.01. The van der Waals surface area contributed by atoms with Crippen molar-refractivity contribution in [1.29, 1.82) is 0 Å². The van der Waals surface area contributed by atoms with E-state index < -0.39 is 5.91 Å². The summed E-state index contributed by atoms with van der Waals surface area (Å²) < 4.78 is 0.983. The van der Waals surface area contributed by atoms with Crippen molar-refractivity contribution in [2.24, 2.45) is 5.18 Å². The predicted molar refractivity (Wildman–Crippen MR) is 167 cm³/mol. The van der Waals surface area contributed by atoms with Gasteiger partial charge in [-0.2, -0.15) is 0 Å². The number of thiazole rings is 1. The summed E-state index contributed by atoms with van der Waals surface area (Å²) in [4.78, 5) is 42.2. The maximum absolute atomic E-state index is 12.5. The second-order valence-electron chi connectivity index (χ2n) is 9.16. The van der Waals surface area contributed by atoms with Crippen LogP contribution < -0.4 is 10.2 Å². The number of aromatic nitrogens is 1. The van der Waals surface area contributed by atoms with Gasteiger partial charge in [-0.1, -0.05) is 100 Å². The maximum atomic E-state index is 12.5.